The van der Waals surface area contributed by atoms with Gasteiger partial charge in [-0.3, -0.25) is 4.68 Å². The first-order chi connectivity index (χ1) is 9.10. The van der Waals surface area contributed by atoms with Gasteiger partial charge in [-0.1, -0.05) is 6.92 Å². The second-order valence-electron chi connectivity index (χ2n) is 4.58. The molecule has 0 aromatic carbocycles. The van der Waals surface area contributed by atoms with Crippen LogP contribution in [0.25, 0.3) is 0 Å². The molecule has 0 atom stereocenters. The van der Waals surface area contributed by atoms with Crippen LogP contribution < -0.4 is 11.1 Å². The summed E-state index contributed by atoms with van der Waals surface area (Å²) in [5.41, 5.74) is 8.08. The number of nitrogen functional groups attached to an aromatic ring is 1. The normalized spacial score (nSPS) is 10.7. The van der Waals surface area contributed by atoms with Crippen molar-refractivity contribution >= 4 is 11.6 Å². The number of aryl methyl sites for hydroxylation is 2. The van der Waals surface area contributed by atoms with Gasteiger partial charge in [-0.25, -0.2) is 9.97 Å². The van der Waals surface area contributed by atoms with Crippen molar-refractivity contribution in [1.29, 1.82) is 0 Å². The van der Waals surface area contributed by atoms with Crippen molar-refractivity contribution in [2.24, 2.45) is 7.05 Å². The zero-order valence-corrected chi connectivity index (χ0v) is 11.6. The third-order valence-corrected chi connectivity index (χ3v) is 3.06. The maximum atomic E-state index is 5.79. The lowest BCUT2D eigenvalue weighted by Gasteiger charge is -2.08. The van der Waals surface area contributed by atoms with E-state index in [9.17, 15) is 0 Å². The van der Waals surface area contributed by atoms with Gasteiger partial charge in [0, 0.05) is 37.3 Å². The van der Waals surface area contributed by atoms with E-state index in [4.69, 9.17) is 5.73 Å². The number of hydrogen-bond donors (Lipinski definition) is 2. The summed E-state index contributed by atoms with van der Waals surface area (Å²) >= 11 is 0. The Morgan fingerprint density at radius 1 is 1.37 bits per heavy atom. The highest BCUT2D eigenvalue weighted by Gasteiger charge is 2.05. The Labute approximate surface area is 113 Å². The summed E-state index contributed by atoms with van der Waals surface area (Å²) in [4.78, 5) is 8.66. The van der Waals surface area contributed by atoms with Crippen LogP contribution >= 0.6 is 0 Å². The summed E-state index contributed by atoms with van der Waals surface area (Å²) in [5.74, 6) is 2.05. The molecule has 0 spiro atoms. The van der Waals surface area contributed by atoms with E-state index >= 15 is 0 Å². The van der Waals surface area contributed by atoms with Crippen molar-refractivity contribution < 1.29 is 0 Å². The minimum atomic E-state index is 0.504. The fourth-order valence-corrected chi connectivity index (χ4v) is 1.85. The van der Waals surface area contributed by atoms with Gasteiger partial charge in [-0.05, 0) is 13.3 Å². The van der Waals surface area contributed by atoms with Crippen LogP contribution in [0.5, 0.6) is 0 Å². The molecular weight excluding hydrogens is 240 g/mol. The van der Waals surface area contributed by atoms with Crippen molar-refractivity contribution in [3.63, 3.8) is 0 Å². The largest absolute Gasteiger partial charge is 0.384 e. The molecule has 2 heterocycles. The van der Waals surface area contributed by atoms with Crippen molar-refractivity contribution in [3.8, 4) is 0 Å². The Kier molecular flexibility index (Phi) is 3.99. The summed E-state index contributed by atoms with van der Waals surface area (Å²) in [6.07, 6.45) is 3.70. The van der Waals surface area contributed by atoms with Gasteiger partial charge in [0.2, 0.25) is 0 Å². The second-order valence-corrected chi connectivity index (χ2v) is 4.58. The molecule has 19 heavy (non-hydrogen) atoms. The zero-order chi connectivity index (χ0) is 13.8. The van der Waals surface area contributed by atoms with Gasteiger partial charge >= 0.3 is 0 Å². The highest BCUT2D eigenvalue weighted by atomic mass is 15.3. The minimum absolute atomic E-state index is 0.504. The SMILES string of the molecule is CCCc1nc(N)cc(NCc2cnn(C)c2C)n1. The quantitative estimate of drug-likeness (QED) is 0.854. The maximum Gasteiger partial charge on any atom is 0.133 e. The fourth-order valence-electron chi connectivity index (χ4n) is 1.85. The van der Waals surface area contributed by atoms with Gasteiger partial charge in [0.25, 0.3) is 0 Å². The third-order valence-electron chi connectivity index (χ3n) is 3.06. The summed E-state index contributed by atoms with van der Waals surface area (Å²) in [7, 11) is 1.93. The van der Waals surface area contributed by atoms with Gasteiger partial charge in [-0.2, -0.15) is 5.10 Å². The minimum Gasteiger partial charge on any atom is -0.384 e. The van der Waals surface area contributed by atoms with Crippen molar-refractivity contribution in [1.82, 2.24) is 19.7 Å². The van der Waals surface area contributed by atoms with Crippen LogP contribution in [0.4, 0.5) is 11.6 Å². The van der Waals surface area contributed by atoms with E-state index in [-0.39, 0.29) is 0 Å². The summed E-state index contributed by atoms with van der Waals surface area (Å²) in [5, 5.41) is 7.48. The first kappa shape index (κ1) is 13.3. The Morgan fingerprint density at radius 2 is 2.16 bits per heavy atom. The third kappa shape index (κ3) is 3.21. The molecule has 102 valence electrons. The van der Waals surface area contributed by atoms with E-state index in [1.165, 1.54) is 0 Å². The number of rotatable bonds is 5. The molecule has 0 aliphatic rings. The topological polar surface area (TPSA) is 81.6 Å². The van der Waals surface area contributed by atoms with Gasteiger partial charge in [0.05, 0.1) is 6.20 Å². The van der Waals surface area contributed by atoms with Crippen LogP contribution in [0.2, 0.25) is 0 Å². The lowest BCUT2D eigenvalue weighted by atomic mass is 10.2. The highest BCUT2D eigenvalue weighted by molar-refractivity contribution is 5.45. The zero-order valence-electron chi connectivity index (χ0n) is 11.6. The molecule has 0 bridgehead atoms. The molecule has 2 aromatic heterocycles. The predicted octanol–water partition coefficient (Wildman–Crippen LogP) is 1.67. The Hall–Kier alpha value is -2.11. The van der Waals surface area contributed by atoms with Gasteiger partial charge in [-0.15, -0.1) is 0 Å². The average Bonchev–Trinajstić information content (AvgIpc) is 2.67. The molecule has 0 saturated heterocycles. The van der Waals surface area contributed by atoms with Gasteiger partial charge in [0.1, 0.15) is 17.5 Å². The Bertz CT molecular complexity index is 560. The van der Waals surface area contributed by atoms with Crippen LogP contribution in [0, 0.1) is 6.92 Å². The molecule has 6 nitrogen and oxygen atoms in total. The highest BCUT2D eigenvalue weighted by Crippen LogP contribution is 2.12. The lowest BCUT2D eigenvalue weighted by Crippen LogP contribution is -2.07. The van der Waals surface area contributed by atoms with Gasteiger partial charge < -0.3 is 11.1 Å². The average molecular weight is 260 g/mol. The molecular formula is C13H20N6. The molecule has 0 aliphatic heterocycles. The molecule has 0 unspecified atom stereocenters. The van der Waals surface area contributed by atoms with Crippen LogP contribution in [0.15, 0.2) is 12.3 Å². The maximum absolute atomic E-state index is 5.79. The number of aromatic nitrogens is 4. The second kappa shape index (κ2) is 5.69. The van der Waals surface area contributed by atoms with E-state index in [0.717, 1.165) is 35.7 Å². The molecule has 3 N–H and O–H groups in total. The monoisotopic (exact) mass is 260 g/mol. The number of hydrogen-bond acceptors (Lipinski definition) is 5. The number of nitrogens with zero attached hydrogens (tertiary/aromatic N) is 4. The van der Waals surface area contributed by atoms with Crippen LogP contribution in [0.3, 0.4) is 0 Å². The number of nitrogens with one attached hydrogen (secondary N) is 1. The van der Waals surface area contributed by atoms with E-state index in [0.29, 0.717) is 12.4 Å². The van der Waals surface area contributed by atoms with Crippen molar-refractivity contribution in [3.05, 3.63) is 29.3 Å². The smallest absolute Gasteiger partial charge is 0.133 e. The first-order valence-electron chi connectivity index (χ1n) is 6.45. The van der Waals surface area contributed by atoms with Crippen molar-refractivity contribution in [2.75, 3.05) is 11.1 Å². The van der Waals surface area contributed by atoms with E-state index < -0.39 is 0 Å². The molecule has 2 rings (SSSR count). The van der Waals surface area contributed by atoms with Gasteiger partial charge in [0.15, 0.2) is 0 Å². The Balaban J connectivity index is 2.08. The molecule has 0 saturated carbocycles. The standard InChI is InChI=1S/C13H20N6/c1-4-5-12-17-11(14)6-13(18-12)15-7-10-8-16-19(3)9(10)2/h6,8H,4-5,7H2,1-3H3,(H3,14,15,17,18). The molecule has 0 fully saturated rings. The van der Waals surface area contributed by atoms with E-state index in [1.807, 2.05) is 24.9 Å². The molecule has 0 radical (unpaired) electrons. The van der Waals surface area contributed by atoms with Crippen LogP contribution in [-0.2, 0) is 20.0 Å². The van der Waals surface area contributed by atoms with Crippen molar-refractivity contribution in [2.45, 2.75) is 33.2 Å². The molecule has 0 aliphatic carbocycles. The molecule has 6 heteroatoms. The number of nitrogens with two attached hydrogens (primary N) is 1. The molecule has 0 amide bonds. The summed E-state index contributed by atoms with van der Waals surface area (Å²) in [6.45, 7) is 4.82. The fraction of sp³-hybridized carbons (Fsp3) is 0.462. The summed E-state index contributed by atoms with van der Waals surface area (Å²) < 4.78 is 1.86. The predicted molar refractivity (Wildman–Crippen MR) is 75.7 cm³/mol. The lowest BCUT2D eigenvalue weighted by molar-refractivity contribution is 0.738. The van der Waals surface area contributed by atoms with Crippen LogP contribution in [0.1, 0.15) is 30.4 Å². The first-order valence-corrected chi connectivity index (χ1v) is 6.45. The molecule has 2 aromatic rings. The van der Waals surface area contributed by atoms with Crippen LogP contribution in [-0.4, -0.2) is 19.7 Å². The van der Waals surface area contributed by atoms with E-state index in [2.05, 4.69) is 27.3 Å². The summed E-state index contributed by atoms with van der Waals surface area (Å²) in [6, 6.07) is 1.75. The Morgan fingerprint density at radius 3 is 2.79 bits per heavy atom. The van der Waals surface area contributed by atoms with E-state index in [1.54, 1.807) is 6.07 Å². The number of anilines is 2.